The van der Waals surface area contributed by atoms with Crippen molar-refractivity contribution < 1.29 is 24.1 Å². The molecule has 5 heteroatoms. The molecule has 3 rings (SSSR count). The van der Waals surface area contributed by atoms with Gasteiger partial charge in [0.15, 0.2) is 23.0 Å². The van der Waals surface area contributed by atoms with Crippen LogP contribution in [-0.2, 0) is 17.6 Å². The van der Waals surface area contributed by atoms with E-state index in [1.54, 1.807) is 27.4 Å². The third kappa shape index (κ3) is 4.13. The first-order valence-corrected chi connectivity index (χ1v) is 8.95. The zero-order valence-electron chi connectivity index (χ0n) is 16.2. The monoisotopic (exact) mass is 370 g/mol. The van der Waals surface area contributed by atoms with Crippen molar-refractivity contribution in [1.29, 1.82) is 0 Å². The Bertz CT molecular complexity index is 841. The summed E-state index contributed by atoms with van der Waals surface area (Å²) in [5.41, 5.74) is 3.55. The van der Waals surface area contributed by atoms with Gasteiger partial charge in [-0.25, -0.2) is 0 Å². The number of hydrogen-bond donors (Lipinski definition) is 1. The zero-order valence-corrected chi connectivity index (χ0v) is 16.2. The van der Waals surface area contributed by atoms with E-state index in [4.69, 9.17) is 18.9 Å². The van der Waals surface area contributed by atoms with Gasteiger partial charge in [0.2, 0.25) is 0 Å². The van der Waals surface area contributed by atoms with Crippen molar-refractivity contribution >= 4 is 0 Å². The molecule has 1 aliphatic heterocycles. The van der Waals surface area contributed by atoms with Crippen LogP contribution in [0.15, 0.2) is 47.7 Å². The maximum atomic E-state index is 9.80. The molecule has 0 aromatic heterocycles. The standard InChI is InChI=1S/C22H26O5/c1-14-18(10-16-6-8-20(24-2)22(12-16)26-4)17(13-27-14)9-15-5-7-19(23)21(11-15)25-3/h5-8,11-12,17,23H,9-10,13H2,1-4H3/t17-/m0/s1. The molecule has 2 aromatic carbocycles. The normalized spacial score (nSPS) is 16.2. The fourth-order valence-electron chi connectivity index (χ4n) is 3.50. The van der Waals surface area contributed by atoms with E-state index in [1.165, 1.54) is 5.57 Å². The minimum Gasteiger partial charge on any atom is -0.504 e. The third-order valence-electron chi connectivity index (χ3n) is 5.01. The molecular formula is C22H26O5. The highest BCUT2D eigenvalue weighted by Gasteiger charge is 2.26. The minimum atomic E-state index is 0.154. The molecule has 1 N–H and O–H groups in total. The molecule has 0 saturated carbocycles. The molecule has 1 atom stereocenters. The van der Waals surface area contributed by atoms with E-state index in [1.807, 2.05) is 31.2 Å². The van der Waals surface area contributed by atoms with Gasteiger partial charge in [-0.15, -0.1) is 0 Å². The van der Waals surface area contributed by atoms with Gasteiger partial charge in [-0.3, -0.25) is 0 Å². The molecule has 0 amide bonds. The van der Waals surface area contributed by atoms with Crippen LogP contribution in [0, 0.1) is 5.92 Å². The van der Waals surface area contributed by atoms with E-state index in [9.17, 15) is 5.11 Å². The van der Waals surface area contributed by atoms with Crippen molar-refractivity contribution in [3.8, 4) is 23.0 Å². The number of phenolic OH excluding ortho intramolecular Hbond substituents is 1. The predicted octanol–water partition coefficient (Wildman–Crippen LogP) is 4.12. The van der Waals surface area contributed by atoms with Crippen molar-refractivity contribution in [3.05, 3.63) is 58.9 Å². The Morgan fingerprint density at radius 2 is 1.59 bits per heavy atom. The number of rotatable bonds is 7. The van der Waals surface area contributed by atoms with Crippen LogP contribution in [0.4, 0.5) is 0 Å². The molecule has 0 fully saturated rings. The summed E-state index contributed by atoms with van der Waals surface area (Å²) in [4.78, 5) is 0. The lowest BCUT2D eigenvalue weighted by Gasteiger charge is -2.15. The summed E-state index contributed by atoms with van der Waals surface area (Å²) < 4.78 is 21.8. The fourth-order valence-corrected chi connectivity index (χ4v) is 3.50. The van der Waals surface area contributed by atoms with Gasteiger partial charge in [0.1, 0.15) is 0 Å². The van der Waals surface area contributed by atoms with Gasteiger partial charge in [-0.1, -0.05) is 12.1 Å². The zero-order chi connectivity index (χ0) is 19.4. The lowest BCUT2D eigenvalue weighted by Crippen LogP contribution is -2.10. The molecule has 2 aromatic rings. The molecule has 0 unspecified atom stereocenters. The smallest absolute Gasteiger partial charge is 0.160 e. The molecule has 1 aliphatic rings. The van der Waals surface area contributed by atoms with E-state index in [0.717, 1.165) is 41.2 Å². The van der Waals surface area contributed by atoms with Gasteiger partial charge in [0, 0.05) is 5.92 Å². The van der Waals surface area contributed by atoms with Gasteiger partial charge < -0.3 is 24.1 Å². The van der Waals surface area contributed by atoms with Gasteiger partial charge in [0.25, 0.3) is 0 Å². The van der Waals surface area contributed by atoms with Crippen molar-refractivity contribution in [2.75, 3.05) is 27.9 Å². The average molecular weight is 370 g/mol. The Hall–Kier alpha value is -2.82. The van der Waals surface area contributed by atoms with Crippen LogP contribution in [0.3, 0.4) is 0 Å². The maximum absolute atomic E-state index is 9.80. The number of benzene rings is 2. The van der Waals surface area contributed by atoms with Crippen LogP contribution in [0.2, 0.25) is 0 Å². The Morgan fingerprint density at radius 1 is 0.926 bits per heavy atom. The highest BCUT2D eigenvalue weighted by molar-refractivity contribution is 5.45. The number of allylic oxidation sites excluding steroid dienone is 1. The molecule has 5 nitrogen and oxygen atoms in total. The van der Waals surface area contributed by atoms with E-state index >= 15 is 0 Å². The van der Waals surface area contributed by atoms with Gasteiger partial charge in [0.05, 0.1) is 33.7 Å². The Labute approximate surface area is 160 Å². The molecule has 0 aliphatic carbocycles. The Kier molecular flexibility index (Phi) is 5.79. The molecule has 27 heavy (non-hydrogen) atoms. The van der Waals surface area contributed by atoms with Gasteiger partial charge in [-0.05, 0) is 60.7 Å². The first-order chi connectivity index (χ1) is 13.0. The molecule has 0 spiro atoms. The van der Waals surface area contributed by atoms with Crippen molar-refractivity contribution in [3.63, 3.8) is 0 Å². The number of ether oxygens (including phenoxy) is 4. The number of aromatic hydroxyl groups is 1. The largest absolute Gasteiger partial charge is 0.504 e. The second kappa shape index (κ2) is 8.25. The maximum Gasteiger partial charge on any atom is 0.160 e. The summed E-state index contributed by atoms with van der Waals surface area (Å²) >= 11 is 0. The minimum absolute atomic E-state index is 0.154. The molecule has 1 heterocycles. The quantitative estimate of drug-likeness (QED) is 0.794. The Balaban J connectivity index is 1.79. The summed E-state index contributed by atoms with van der Waals surface area (Å²) in [7, 11) is 4.84. The summed E-state index contributed by atoms with van der Waals surface area (Å²) in [6.45, 7) is 2.69. The highest BCUT2D eigenvalue weighted by atomic mass is 16.5. The van der Waals surface area contributed by atoms with E-state index in [-0.39, 0.29) is 11.7 Å². The van der Waals surface area contributed by atoms with Crippen LogP contribution in [0.5, 0.6) is 23.0 Å². The summed E-state index contributed by atoms with van der Waals surface area (Å²) in [6.07, 6.45) is 1.63. The summed E-state index contributed by atoms with van der Waals surface area (Å²) in [6, 6.07) is 11.5. The second-order valence-corrected chi connectivity index (χ2v) is 6.67. The molecular weight excluding hydrogens is 344 g/mol. The van der Waals surface area contributed by atoms with Crippen LogP contribution in [-0.4, -0.2) is 33.0 Å². The predicted molar refractivity (Wildman–Crippen MR) is 104 cm³/mol. The van der Waals surface area contributed by atoms with Crippen LogP contribution in [0.1, 0.15) is 18.1 Å². The van der Waals surface area contributed by atoms with E-state index in [0.29, 0.717) is 12.4 Å². The lowest BCUT2D eigenvalue weighted by molar-refractivity contribution is 0.219. The third-order valence-corrected chi connectivity index (χ3v) is 5.01. The van der Waals surface area contributed by atoms with Crippen molar-refractivity contribution in [1.82, 2.24) is 0 Å². The highest BCUT2D eigenvalue weighted by Crippen LogP contribution is 2.35. The molecule has 0 radical (unpaired) electrons. The van der Waals surface area contributed by atoms with Gasteiger partial charge in [-0.2, -0.15) is 0 Å². The van der Waals surface area contributed by atoms with Gasteiger partial charge >= 0.3 is 0 Å². The van der Waals surface area contributed by atoms with Crippen molar-refractivity contribution in [2.45, 2.75) is 19.8 Å². The SMILES string of the molecule is COc1cc(C[C@H]2COC(C)=C2Cc2ccc(OC)c(OC)c2)ccc1O. The van der Waals surface area contributed by atoms with Crippen LogP contribution < -0.4 is 14.2 Å². The Morgan fingerprint density at radius 3 is 2.30 bits per heavy atom. The molecule has 0 saturated heterocycles. The number of hydrogen-bond acceptors (Lipinski definition) is 5. The number of methoxy groups -OCH3 is 3. The fraction of sp³-hybridized carbons (Fsp3) is 0.364. The average Bonchev–Trinajstić information content (AvgIpc) is 3.02. The molecule has 144 valence electrons. The van der Waals surface area contributed by atoms with Crippen LogP contribution >= 0.6 is 0 Å². The second-order valence-electron chi connectivity index (χ2n) is 6.67. The first kappa shape index (κ1) is 19.0. The van der Waals surface area contributed by atoms with E-state index in [2.05, 4.69) is 6.07 Å². The van der Waals surface area contributed by atoms with E-state index < -0.39 is 0 Å². The topological polar surface area (TPSA) is 57.2 Å². The lowest BCUT2D eigenvalue weighted by atomic mass is 9.89. The first-order valence-electron chi connectivity index (χ1n) is 8.95. The van der Waals surface area contributed by atoms with Crippen molar-refractivity contribution in [2.24, 2.45) is 5.92 Å². The van der Waals surface area contributed by atoms with Crippen LogP contribution in [0.25, 0.3) is 0 Å². The summed E-state index contributed by atoms with van der Waals surface area (Å²) in [5.74, 6) is 3.37. The molecule has 0 bridgehead atoms. The number of phenols is 1. The summed E-state index contributed by atoms with van der Waals surface area (Å²) in [5, 5.41) is 9.80.